The minimum absolute atomic E-state index is 0.387. The van der Waals surface area contributed by atoms with E-state index in [0.717, 1.165) is 36.7 Å². The van der Waals surface area contributed by atoms with E-state index in [4.69, 9.17) is 9.47 Å². The lowest BCUT2D eigenvalue weighted by molar-refractivity contribution is -0.0511. The van der Waals surface area contributed by atoms with Crippen LogP contribution >= 0.6 is 62.5 Å². The number of halogens is 1. The van der Waals surface area contributed by atoms with Crippen molar-refractivity contribution in [1.82, 2.24) is 47.8 Å². The fourth-order valence-electron chi connectivity index (χ4n) is 6.83. The van der Waals surface area contributed by atoms with E-state index in [1.807, 2.05) is 29.6 Å². The molecule has 8 aromatic rings. The number of nitrogens with zero attached hydrogens (tertiary/aromatic N) is 10. The number of fused-ring (bicyclic) bond motifs is 4. The molecule has 0 saturated carbocycles. The number of hydrogen-bond acceptors (Lipinski definition) is 20. The van der Waals surface area contributed by atoms with Gasteiger partial charge in [-0.1, -0.05) is 35.7 Å². The van der Waals surface area contributed by atoms with Crippen LogP contribution < -0.4 is 0 Å². The highest BCUT2D eigenvalue weighted by molar-refractivity contribution is 9.11. The fourth-order valence-corrected chi connectivity index (χ4v) is 10.4. The summed E-state index contributed by atoms with van der Waals surface area (Å²) in [4.78, 5) is 26.1. The number of thioether (sulfide) groups is 2. The van der Waals surface area contributed by atoms with Crippen molar-refractivity contribution in [2.75, 3.05) is 13.2 Å². The molecule has 2 saturated heterocycles. The van der Waals surface area contributed by atoms with Crippen molar-refractivity contribution >= 4 is 107 Å². The lowest BCUT2D eigenvalue weighted by Gasteiger charge is -2.16. The van der Waals surface area contributed by atoms with Gasteiger partial charge in [-0.3, -0.25) is 9.13 Å². The first-order valence-electron chi connectivity index (χ1n) is 17.9. The molecule has 0 bridgehead atoms. The standard InChI is InChI=1S/C18H16BrN5O4S2.C18H17N5O4S2/c19-15-9-3-8(1-2-10(9)23-30-15)5-29-17-12-16(20-6-21-17)24(7-22-12)18-14(27)13(26)11(4-25)28-18;24-4-12-14(25)15(26)18(27-12)23-8-21-13-16(23)19-7-20-17(13)28-5-9-1-2-11-10(3-9)6-29-22-11/h1-3,6-7,11,13-14,18,25-27H,4-5H2;1-3,6-8,12,14-15,18,24-26H,4-5H2. The van der Waals surface area contributed by atoms with Gasteiger partial charge in [0, 0.05) is 27.7 Å². The van der Waals surface area contributed by atoms with Crippen molar-refractivity contribution in [1.29, 1.82) is 0 Å². The third kappa shape index (κ3) is 7.84. The van der Waals surface area contributed by atoms with Gasteiger partial charge in [-0.15, -0.1) is 0 Å². The van der Waals surface area contributed by atoms with Gasteiger partial charge in [0.2, 0.25) is 0 Å². The summed E-state index contributed by atoms with van der Waals surface area (Å²) in [6.45, 7) is -0.779. The average molecular weight is 942 g/mol. The second kappa shape index (κ2) is 17.3. The SMILES string of the molecule is OCC1OC(n2cnc3c(SCc4ccc5nsc(Br)c5c4)ncnc32)C(O)C1O.OCC1OC(n2cnc3c(SCc4ccc5nscc5c4)ncnc32)C(O)C1O. The maximum absolute atomic E-state index is 10.3. The first-order valence-corrected chi connectivity index (χ1v) is 22.3. The molecule has 6 N–H and O–H groups in total. The third-order valence-electron chi connectivity index (χ3n) is 9.90. The van der Waals surface area contributed by atoms with E-state index in [9.17, 15) is 30.6 Å². The Bertz CT molecular complexity index is 2750. The van der Waals surface area contributed by atoms with Crippen molar-refractivity contribution in [2.24, 2.45) is 0 Å². The number of aliphatic hydroxyl groups is 6. The van der Waals surface area contributed by atoms with Crippen LogP contribution in [0.3, 0.4) is 0 Å². The first kappa shape index (κ1) is 40.6. The molecule has 2 fully saturated rings. The van der Waals surface area contributed by atoms with Crippen LogP contribution in [0, 0.1) is 0 Å². The second-order valence-electron chi connectivity index (χ2n) is 13.6. The zero-order valence-electron chi connectivity index (χ0n) is 30.3. The molecule has 8 unspecified atom stereocenters. The van der Waals surface area contributed by atoms with Crippen molar-refractivity contribution < 1.29 is 40.1 Å². The number of rotatable bonds is 10. The largest absolute Gasteiger partial charge is 0.394 e. The molecule has 18 nitrogen and oxygen atoms in total. The van der Waals surface area contributed by atoms with E-state index in [1.54, 1.807) is 9.13 Å². The molecule has 6 aromatic heterocycles. The summed E-state index contributed by atoms with van der Waals surface area (Å²) >= 11 is 9.46. The predicted molar refractivity (Wildman–Crippen MR) is 223 cm³/mol. The lowest BCUT2D eigenvalue weighted by atomic mass is 10.1. The van der Waals surface area contributed by atoms with Gasteiger partial charge in [0.1, 0.15) is 70.4 Å². The molecular weight excluding hydrogens is 909 g/mol. The van der Waals surface area contributed by atoms with Crippen LogP contribution in [0.25, 0.3) is 44.1 Å². The van der Waals surface area contributed by atoms with E-state index in [2.05, 4.69) is 66.7 Å². The second-order valence-corrected chi connectivity index (χ2v) is 18.2. The van der Waals surface area contributed by atoms with Crippen molar-refractivity contribution in [3.8, 4) is 0 Å². The maximum Gasteiger partial charge on any atom is 0.166 e. The van der Waals surface area contributed by atoms with Crippen LogP contribution in [0.15, 0.2) is 80.9 Å². The lowest BCUT2D eigenvalue weighted by Crippen LogP contribution is -2.33. The molecule has 8 heterocycles. The highest BCUT2D eigenvalue weighted by Crippen LogP contribution is 2.36. The van der Waals surface area contributed by atoms with E-state index in [-0.39, 0.29) is 6.61 Å². The summed E-state index contributed by atoms with van der Waals surface area (Å²) in [5.41, 5.74) is 6.39. The zero-order valence-corrected chi connectivity index (χ0v) is 35.1. The van der Waals surface area contributed by atoms with E-state index >= 15 is 0 Å². The molecule has 2 aliphatic rings. The summed E-state index contributed by atoms with van der Waals surface area (Å²) in [5.74, 6) is 1.39. The average Bonchev–Trinajstić information content (AvgIpc) is 4.13. The Morgan fingerprint density at radius 1 is 0.661 bits per heavy atom. The molecule has 2 aromatic carbocycles. The molecular formula is C36H33BrN10O8S4. The number of benzene rings is 2. The Morgan fingerprint density at radius 3 is 1.75 bits per heavy atom. The number of imidazole rings is 2. The van der Waals surface area contributed by atoms with Gasteiger partial charge in [0.05, 0.1) is 40.7 Å². The first-order chi connectivity index (χ1) is 28.7. The number of aromatic nitrogens is 10. The topological polar surface area (TPSA) is 253 Å². The molecule has 59 heavy (non-hydrogen) atoms. The summed E-state index contributed by atoms with van der Waals surface area (Å²) in [6, 6.07) is 12.3. The van der Waals surface area contributed by atoms with Gasteiger partial charge < -0.3 is 40.1 Å². The van der Waals surface area contributed by atoms with Crippen LogP contribution in [-0.2, 0) is 21.0 Å². The maximum atomic E-state index is 10.3. The van der Waals surface area contributed by atoms with E-state index in [1.165, 1.54) is 71.9 Å². The number of hydrogen-bond donors (Lipinski definition) is 6. The number of aliphatic hydroxyl groups excluding tert-OH is 6. The number of ether oxygens (including phenoxy) is 2. The Labute approximate surface area is 358 Å². The predicted octanol–water partition coefficient (Wildman–Crippen LogP) is 3.44. The summed E-state index contributed by atoms with van der Waals surface area (Å²) in [7, 11) is 0. The monoisotopic (exact) mass is 940 g/mol. The molecule has 10 rings (SSSR count). The van der Waals surface area contributed by atoms with Gasteiger partial charge in [0.25, 0.3) is 0 Å². The molecule has 8 atom stereocenters. The molecule has 2 aliphatic heterocycles. The van der Waals surface area contributed by atoms with Crippen LogP contribution in [0.1, 0.15) is 23.6 Å². The minimum atomic E-state index is -1.20. The van der Waals surface area contributed by atoms with Crippen LogP contribution in [0.2, 0.25) is 0 Å². The Kier molecular flexibility index (Phi) is 11.9. The molecule has 0 spiro atoms. The van der Waals surface area contributed by atoms with Gasteiger partial charge in [-0.2, -0.15) is 8.75 Å². The smallest absolute Gasteiger partial charge is 0.166 e. The normalized spacial score (nSPS) is 24.5. The highest BCUT2D eigenvalue weighted by atomic mass is 79.9. The van der Waals surface area contributed by atoms with E-state index in [0.29, 0.717) is 43.9 Å². The molecule has 306 valence electrons. The van der Waals surface area contributed by atoms with Crippen molar-refractivity contribution in [3.63, 3.8) is 0 Å². The third-order valence-corrected chi connectivity index (χ3v) is 14.2. The van der Waals surface area contributed by atoms with Crippen LogP contribution in [0.5, 0.6) is 0 Å². The Balaban J connectivity index is 0.000000152. The van der Waals surface area contributed by atoms with E-state index < -0.39 is 55.7 Å². The summed E-state index contributed by atoms with van der Waals surface area (Å²) < 4.78 is 24.0. The van der Waals surface area contributed by atoms with Gasteiger partial charge >= 0.3 is 0 Å². The summed E-state index contributed by atoms with van der Waals surface area (Å²) in [6.07, 6.45) is -2.36. The van der Waals surface area contributed by atoms with Crippen molar-refractivity contribution in [2.45, 2.75) is 70.6 Å². The minimum Gasteiger partial charge on any atom is -0.394 e. The van der Waals surface area contributed by atoms with Gasteiger partial charge in [0.15, 0.2) is 23.8 Å². The molecule has 23 heteroatoms. The summed E-state index contributed by atoms with van der Waals surface area (Å²) in [5, 5.41) is 64.9. The zero-order chi connectivity index (χ0) is 40.8. The van der Waals surface area contributed by atoms with Crippen LogP contribution in [-0.4, -0.2) is 128 Å². The Morgan fingerprint density at radius 2 is 1.20 bits per heavy atom. The Hall–Kier alpha value is -3.82. The molecule has 0 radical (unpaired) electrons. The fraction of sp³-hybridized carbons (Fsp3) is 0.333. The molecule has 0 aliphatic carbocycles. The van der Waals surface area contributed by atoms with Crippen LogP contribution in [0.4, 0.5) is 0 Å². The highest BCUT2D eigenvalue weighted by Gasteiger charge is 2.45. The van der Waals surface area contributed by atoms with Crippen molar-refractivity contribution in [3.05, 3.63) is 82.0 Å². The van der Waals surface area contributed by atoms with Gasteiger partial charge in [-0.25, -0.2) is 29.9 Å². The quantitative estimate of drug-likeness (QED) is 0.0848. The van der Waals surface area contributed by atoms with Gasteiger partial charge in [-0.05, 0) is 74.4 Å². The molecule has 0 amide bonds.